The minimum Gasteiger partial charge on any atom is -0.465 e. The van der Waals surface area contributed by atoms with Crippen LogP contribution in [0, 0.1) is 18.3 Å². The summed E-state index contributed by atoms with van der Waals surface area (Å²) in [5.41, 5.74) is 5.21. The smallest absolute Gasteiger partial charge is 0.344 e. The van der Waals surface area contributed by atoms with Crippen LogP contribution in [-0.2, 0) is 22.4 Å². The summed E-state index contributed by atoms with van der Waals surface area (Å²) in [6.07, 6.45) is 3.31. The van der Waals surface area contributed by atoms with Crippen molar-refractivity contribution in [1.29, 1.82) is 5.26 Å². The van der Waals surface area contributed by atoms with E-state index in [-0.39, 0.29) is 6.61 Å². The average molecular weight is 444 g/mol. The van der Waals surface area contributed by atoms with E-state index in [0.29, 0.717) is 30.3 Å². The molecule has 0 aliphatic heterocycles. The first kappa shape index (κ1) is 23.9. The van der Waals surface area contributed by atoms with Crippen LogP contribution in [0.1, 0.15) is 54.9 Å². The number of aryl methyl sites for hydroxylation is 2. The molecule has 0 atom stereocenters. The zero-order chi connectivity index (χ0) is 23.6. The van der Waals surface area contributed by atoms with Gasteiger partial charge in [-0.05, 0) is 49.4 Å². The number of nitriles is 1. The number of nitrogens with zero attached hydrogens (tertiary/aromatic N) is 3. The number of ether oxygens (including phenoxy) is 2. The standard InChI is InChI=1S/C27H29N3O3/c1-4-6-12-25-24(27(30-19(3)29-25)33-18-26(31)32-5-2)16-20-13-14-23(22(15-20)17-28)21-10-8-7-9-11-21/h7-11,13-15H,4-6,12,16,18H2,1-3H3. The third kappa shape index (κ3) is 6.39. The monoisotopic (exact) mass is 443 g/mol. The molecular weight excluding hydrogens is 414 g/mol. The summed E-state index contributed by atoms with van der Waals surface area (Å²) in [6.45, 7) is 5.80. The summed E-state index contributed by atoms with van der Waals surface area (Å²) >= 11 is 0. The van der Waals surface area contributed by atoms with E-state index in [4.69, 9.17) is 9.47 Å². The summed E-state index contributed by atoms with van der Waals surface area (Å²) in [4.78, 5) is 21.0. The van der Waals surface area contributed by atoms with Crippen molar-refractivity contribution in [3.63, 3.8) is 0 Å². The molecule has 0 unspecified atom stereocenters. The van der Waals surface area contributed by atoms with E-state index in [1.54, 1.807) is 6.92 Å². The highest BCUT2D eigenvalue weighted by Gasteiger charge is 2.17. The van der Waals surface area contributed by atoms with Crippen molar-refractivity contribution in [2.45, 2.75) is 46.5 Å². The van der Waals surface area contributed by atoms with Crippen LogP contribution in [0.25, 0.3) is 11.1 Å². The van der Waals surface area contributed by atoms with Crippen LogP contribution in [0.3, 0.4) is 0 Å². The maximum Gasteiger partial charge on any atom is 0.344 e. The van der Waals surface area contributed by atoms with E-state index in [1.165, 1.54) is 0 Å². The Kier molecular flexibility index (Phi) is 8.54. The number of hydrogen-bond acceptors (Lipinski definition) is 6. The van der Waals surface area contributed by atoms with Crippen molar-refractivity contribution in [2.24, 2.45) is 0 Å². The number of benzene rings is 2. The number of hydrogen-bond donors (Lipinski definition) is 0. The summed E-state index contributed by atoms with van der Waals surface area (Å²) in [6, 6.07) is 18.1. The second-order valence-corrected chi connectivity index (χ2v) is 7.73. The maximum absolute atomic E-state index is 11.9. The van der Waals surface area contributed by atoms with E-state index >= 15 is 0 Å². The molecule has 0 saturated heterocycles. The number of rotatable bonds is 10. The lowest BCUT2D eigenvalue weighted by molar-refractivity contribution is -0.145. The molecule has 0 N–H and O–H groups in total. The van der Waals surface area contributed by atoms with Gasteiger partial charge in [0.05, 0.1) is 23.9 Å². The zero-order valence-electron chi connectivity index (χ0n) is 19.4. The largest absolute Gasteiger partial charge is 0.465 e. The van der Waals surface area contributed by atoms with Gasteiger partial charge in [-0.25, -0.2) is 9.78 Å². The highest BCUT2D eigenvalue weighted by atomic mass is 16.6. The number of carbonyl (C=O) groups is 1. The van der Waals surface area contributed by atoms with E-state index in [0.717, 1.165) is 47.2 Å². The molecule has 33 heavy (non-hydrogen) atoms. The van der Waals surface area contributed by atoms with Crippen molar-refractivity contribution >= 4 is 5.97 Å². The molecule has 0 bridgehead atoms. The molecule has 0 aliphatic rings. The van der Waals surface area contributed by atoms with Crippen molar-refractivity contribution in [2.75, 3.05) is 13.2 Å². The Morgan fingerprint density at radius 1 is 1.09 bits per heavy atom. The summed E-state index contributed by atoms with van der Waals surface area (Å²) in [7, 11) is 0. The van der Waals surface area contributed by atoms with Crippen LogP contribution in [0.5, 0.6) is 5.88 Å². The molecule has 0 amide bonds. The van der Waals surface area contributed by atoms with Crippen LogP contribution >= 0.6 is 0 Å². The summed E-state index contributed by atoms with van der Waals surface area (Å²) < 4.78 is 10.8. The molecule has 0 spiro atoms. The lowest BCUT2D eigenvalue weighted by Crippen LogP contribution is -2.17. The number of carbonyl (C=O) groups excluding carboxylic acids is 1. The van der Waals surface area contributed by atoms with Gasteiger partial charge < -0.3 is 9.47 Å². The van der Waals surface area contributed by atoms with Gasteiger partial charge in [0, 0.05) is 12.0 Å². The fraction of sp³-hybridized carbons (Fsp3) is 0.333. The van der Waals surface area contributed by atoms with Crippen LogP contribution < -0.4 is 4.74 Å². The Morgan fingerprint density at radius 2 is 1.88 bits per heavy atom. The third-order valence-corrected chi connectivity index (χ3v) is 5.24. The van der Waals surface area contributed by atoms with Crippen LogP contribution in [0.4, 0.5) is 0 Å². The molecule has 6 heteroatoms. The van der Waals surface area contributed by atoms with E-state index in [1.807, 2.05) is 55.5 Å². The Bertz CT molecular complexity index is 1140. The van der Waals surface area contributed by atoms with Gasteiger partial charge in [-0.1, -0.05) is 55.8 Å². The number of aromatic nitrogens is 2. The van der Waals surface area contributed by atoms with Crippen LogP contribution in [-0.4, -0.2) is 29.2 Å². The SMILES string of the molecule is CCCCc1nc(C)nc(OCC(=O)OCC)c1Cc1ccc(-c2ccccc2)c(C#N)c1. The first-order valence-electron chi connectivity index (χ1n) is 11.3. The van der Waals surface area contributed by atoms with E-state index < -0.39 is 5.97 Å². The lowest BCUT2D eigenvalue weighted by atomic mass is 9.95. The molecule has 6 nitrogen and oxygen atoms in total. The molecule has 0 aliphatic carbocycles. The van der Waals surface area contributed by atoms with Gasteiger partial charge in [-0.15, -0.1) is 0 Å². The molecule has 1 aromatic heterocycles. The molecule has 0 radical (unpaired) electrons. The van der Waals surface area contributed by atoms with Gasteiger partial charge in [0.1, 0.15) is 5.82 Å². The van der Waals surface area contributed by atoms with Gasteiger partial charge >= 0.3 is 5.97 Å². The second kappa shape index (κ2) is 11.8. The van der Waals surface area contributed by atoms with Gasteiger partial charge in [-0.2, -0.15) is 10.2 Å². The Balaban J connectivity index is 1.96. The first-order chi connectivity index (χ1) is 16.0. The fourth-order valence-corrected chi connectivity index (χ4v) is 3.67. The van der Waals surface area contributed by atoms with Crippen molar-refractivity contribution in [3.8, 4) is 23.1 Å². The molecular formula is C27H29N3O3. The summed E-state index contributed by atoms with van der Waals surface area (Å²) in [5.74, 6) is 0.557. The number of esters is 1. The molecule has 0 fully saturated rings. The van der Waals surface area contributed by atoms with Crippen LogP contribution in [0.15, 0.2) is 48.5 Å². The zero-order valence-corrected chi connectivity index (χ0v) is 19.4. The highest BCUT2D eigenvalue weighted by Crippen LogP contribution is 2.28. The Labute approximate surface area is 195 Å². The van der Waals surface area contributed by atoms with Crippen molar-refractivity contribution in [3.05, 3.63) is 76.7 Å². The van der Waals surface area contributed by atoms with Gasteiger partial charge in [0.25, 0.3) is 0 Å². The maximum atomic E-state index is 11.9. The molecule has 3 aromatic rings. The predicted molar refractivity (Wildman–Crippen MR) is 127 cm³/mol. The second-order valence-electron chi connectivity index (χ2n) is 7.73. The van der Waals surface area contributed by atoms with E-state index in [9.17, 15) is 10.1 Å². The molecule has 3 rings (SSSR count). The average Bonchev–Trinajstić information content (AvgIpc) is 2.83. The van der Waals surface area contributed by atoms with Gasteiger partial charge in [0.2, 0.25) is 5.88 Å². The number of unbranched alkanes of at least 4 members (excludes halogenated alkanes) is 1. The minimum atomic E-state index is -0.436. The molecule has 170 valence electrons. The Morgan fingerprint density at radius 3 is 2.58 bits per heavy atom. The highest BCUT2D eigenvalue weighted by molar-refractivity contribution is 5.71. The molecule has 2 aromatic carbocycles. The first-order valence-corrected chi connectivity index (χ1v) is 11.3. The molecule has 1 heterocycles. The quantitative estimate of drug-likeness (QED) is 0.401. The summed E-state index contributed by atoms with van der Waals surface area (Å²) in [5, 5.41) is 9.78. The normalized spacial score (nSPS) is 10.5. The topological polar surface area (TPSA) is 85.1 Å². The molecule has 0 saturated carbocycles. The van der Waals surface area contributed by atoms with Gasteiger partial charge in [-0.3, -0.25) is 0 Å². The van der Waals surface area contributed by atoms with Gasteiger partial charge in [0.15, 0.2) is 6.61 Å². The predicted octanol–water partition coefficient (Wildman–Crippen LogP) is 5.20. The minimum absolute atomic E-state index is 0.207. The van der Waals surface area contributed by atoms with Crippen molar-refractivity contribution in [1.82, 2.24) is 9.97 Å². The van der Waals surface area contributed by atoms with E-state index in [2.05, 4.69) is 23.0 Å². The lowest BCUT2D eigenvalue weighted by Gasteiger charge is -2.16. The third-order valence-electron chi connectivity index (χ3n) is 5.24. The Hall–Kier alpha value is -3.72. The van der Waals surface area contributed by atoms with Crippen LogP contribution in [0.2, 0.25) is 0 Å². The fourth-order valence-electron chi connectivity index (χ4n) is 3.67. The van der Waals surface area contributed by atoms with Crippen molar-refractivity contribution < 1.29 is 14.3 Å².